The Morgan fingerprint density at radius 2 is 1.71 bits per heavy atom. The summed E-state index contributed by atoms with van der Waals surface area (Å²) in [5, 5.41) is 7.60. The Morgan fingerprint density at radius 3 is 1.71 bits per heavy atom. The largest absolute Gasteiger partial charge is 0.478 e. The Hall–Kier alpha value is -0.0900. The van der Waals surface area contributed by atoms with Crippen LogP contribution in [-0.4, -0.2) is 11.1 Å². The summed E-state index contributed by atoms with van der Waals surface area (Å²) in [6.07, 6.45) is 0.833. The number of carboxylic acids is 1. The summed E-state index contributed by atoms with van der Waals surface area (Å²) in [6, 6.07) is 0. The molecule has 0 aromatic heterocycles. The minimum absolute atomic E-state index is 0. The zero-order valence-electron chi connectivity index (χ0n) is 3.64. The SMILES string of the molecule is C=CC(=O)O.S.S. The van der Waals surface area contributed by atoms with Crippen LogP contribution < -0.4 is 0 Å². The first-order valence-electron chi connectivity index (χ1n) is 1.12. The van der Waals surface area contributed by atoms with Gasteiger partial charge in [0, 0.05) is 6.08 Å². The van der Waals surface area contributed by atoms with Crippen LogP contribution in [0.1, 0.15) is 0 Å². The lowest BCUT2D eigenvalue weighted by atomic mass is 10.7. The fourth-order valence-corrected chi connectivity index (χ4v) is 0. The lowest BCUT2D eigenvalue weighted by Gasteiger charge is -1.64. The van der Waals surface area contributed by atoms with Crippen molar-refractivity contribution in [3.8, 4) is 0 Å². The van der Waals surface area contributed by atoms with Crippen LogP contribution in [0.15, 0.2) is 12.7 Å². The summed E-state index contributed by atoms with van der Waals surface area (Å²) >= 11 is 0. The van der Waals surface area contributed by atoms with E-state index in [-0.39, 0.29) is 27.0 Å². The normalized spacial score (nSPS) is 4.57. The predicted molar refractivity (Wildman–Crippen MR) is 38.6 cm³/mol. The second-order valence-electron chi connectivity index (χ2n) is 0.542. The molecule has 0 spiro atoms. The van der Waals surface area contributed by atoms with E-state index in [9.17, 15) is 4.79 Å². The fourth-order valence-electron chi connectivity index (χ4n) is 0. The minimum atomic E-state index is -0.981. The van der Waals surface area contributed by atoms with Crippen LogP contribution in [0.25, 0.3) is 0 Å². The van der Waals surface area contributed by atoms with Crippen LogP contribution in [0.5, 0.6) is 0 Å². The molecule has 0 bridgehead atoms. The van der Waals surface area contributed by atoms with Crippen molar-refractivity contribution < 1.29 is 9.90 Å². The van der Waals surface area contributed by atoms with E-state index in [0.717, 1.165) is 6.08 Å². The third-order valence-corrected chi connectivity index (χ3v) is 0.175. The highest BCUT2D eigenvalue weighted by Crippen LogP contribution is 1.54. The van der Waals surface area contributed by atoms with Gasteiger partial charge in [-0.25, -0.2) is 4.79 Å². The number of carboxylic acid groups (broad SMARTS) is 1. The fraction of sp³-hybridized carbons (Fsp3) is 0. The minimum Gasteiger partial charge on any atom is -0.478 e. The Balaban J connectivity index is -0.0000000800. The van der Waals surface area contributed by atoms with Crippen molar-refractivity contribution in [2.24, 2.45) is 0 Å². The zero-order chi connectivity index (χ0) is 4.28. The monoisotopic (exact) mass is 140 g/mol. The van der Waals surface area contributed by atoms with Gasteiger partial charge >= 0.3 is 5.97 Å². The molecule has 0 rings (SSSR count). The van der Waals surface area contributed by atoms with Crippen molar-refractivity contribution in [3.63, 3.8) is 0 Å². The van der Waals surface area contributed by atoms with E-state index in [1.807, 2.05) is 0 Å². The summed E-state index contributed by atoms with van der Waals surface area (Å²) in [6.45, 7) is 2.96. The van der Waals surface area contributed by atoms with Crippen LogP contribution in [0.3, 0.4) is 0 Å². The number of hydrogen-bond acceptors (Lipinski definition) is 1. The lowest BCUT2D eigenvalue weighted by Crippen LogP contribution is -1.82. The van der Waals surface area contributed by atoms with Gasteiger partial charge in [0.05, 0.1) is 0 Å². The quantitative estimate of drug-likeness (QED) is 0.538. The summed E-state index contributed by atoms with van der Waals surface area (Å²) in [5.41, 5.74) is 0. The van der Waals surface area contributed by atoms with Gasteiger partial charge in [-0.2, -0.15) is 27.0 Å². The average Bonchev–Trinajstić information content (AvgIpc) is 1.38. The van der Waals surface area contributed by atoms with Crippen molar-refractivity contribution in [1.29, 1.82) is 0 Å². The Morgan fingerprint density at radius 1 is 1.57 bits per heavy atom. The van der Waals surface area contributed by atoms with Crippen LogP contribution in [0.2, 0.25) is 0 Å². The van der Waals surface area contributed by atoms with E-state index < -0.39 is 5.97 Å². The van der Waals surface area contributed by atoms with Gasteiger partial charge in [0.1, 0.15) is 0 Å². The number of carbonyl (C=O) groups is 1. The summed E-state index contributed by atoms with van der Waals surface area (Å²) in [5.74, 6) is -0.981. The highest BCUT2D eigenvalue weighted by Gasteiger charge is 1.73. The van der Waals surface area contributed by atoms with Gasteiger partial charge < -0.3 is 5.11 Å². The Bertz CT molecular complexity index is 62.0. The maximum atomic E-state index is 9.25. The van der Waals surface area contributed by atoms with Gasteiger partial charge in [-0.3, -0.25) is 0 Å². The third kappa shape index (κ3) is 24.8. The molecule has 0 atom stereocenters. The lowest BCUT2D eigenvalue weighted by molar-refractivity contribution is -0.131. The van der Waals surface area contributed by atoms with Gasteiger partial charge in [0.25, 0.3) is 0 Å². The van der Waals surface area contributed by atoms with Crippen LogP contribution in [-0.2, 0) is 4.79 Å². The standard InChI is InChI=1S/C3H4O2.2H2S/c1-2-3(4)5;;/h2H,1H2,(H,4,5);2*1H2. The molecule has 0 heterocycles. The first-order chi connectivity index (χ1) is 2.27. The molecule has 0 saturated carbocycles. The molecule has 0 unspecified atom stereocenters. The van der Waals surface area contributed by atoms with Gasteiger partial charge in [-0.15, -0.1) is 0 Å². The maximum absolute atomic E-state index is 9.25. The van der Waals surface area contributed by atoms with Crippen molar-refractivity contribution in [2.45, 2.75) is 0 Å². The molecule has 0 aromatic carbocycles. The molecule has 0 saturated heterocycles. The van der Waals surface area contributed by atoms with Gasteiger partial charge in [-0.05, 0) is 0 Å². The molecule has 2 nitrogen and oxygen atoms in total. The van der Waals surface area contributed by atoms with Crippen LogP contribution in [0.4, 0.5) is 0 Å². The van der Waals surface area contributed by atoms with Crippen LogP contribution >= 0.6 is 27.0 Å². The van der Waals surface area contributed by atoms with E-state index in [1.54, 1.807) is 0 Å². The Kier molecular flexibility index (Phi) is 21.0. The molecule has 0 amide bonds. The molecule has 44 valence electrons. The highest BCUT2D eigenvalue weighted by molar-refractivity contribution is 7.59. The summed E-state index contributed by atoms with van der Waals surface area (Å²) in [4.78, 5) is 9.25. The first-order valence-corrected chi connectivity index (χ1v) is 1.12. The van der Waals surface area contributed by atoms with Crippen molar-refractivity contribution >= 4 is 33.0 Å². The van der Waals surface area contributed by atoms with Crippen molar-refractivity contribution in [1.82, 2.24) is 0 Å². The van der Waals surface area contributed by atoms with E-state index >= 15 is 0 Å². The van der Waals surface area contributed by atoms with Crippen molar-refractivity contribution in [2.75, 3.05) is 0 Å². The molecule has 0 aliphatic heterocycles. The van der Waals surface area contributed by atoms with Gasteiger partial charge in [-0.1, -0.05) is 6.58 Å². The summed E-state index contributed by atoms with van der Waals surface area (Å²) < 4.78 is 0. The average molecular weight is 140 g/mol. The second kappa shape index (κ2) is 9.32. The van der Waals surface area contributed by atoms with E-state index in [1.165, 1.54) is 0 Å². The Labute approximate surface area is 56.1 Å². The smallest absolute Gasteiger partial charge is 0.327 e. The summed E-state index contributed by atoms with van der Waals surface area (Å²) in [7, 11) is 0. The number of hydrogen-bond donors (Lipinski definition) is 1. The number of aliphatic carboxylic acids is 1. The maximum Gasteiger partial charge on any atom is 0.327 e. The molecular formula is C3H8O2S2. The van der Waals surface area contributed by atoms with E-state index in [0.29, 0.717) is 0 Å². The third-order valence-electron chi connectivity index (χ3n) is 0.175. The van der Waals surface area contributed by atoms with E-state index in [2.05, 4.69) is 6.58 Å². The molecule has 0 aromatic rings. The molecule has 0 radical (unpaired) electrons. The molecular weight excluding hydrogens is 132 g/mol. The zero-order valence-corrected chi connectivity index (χ0v) is 5.64. The van der Waals surface area contributed by atoms with Gasteiger partial charge in [0.15, 0.2) is 0 Å². The topological polar surface area (TPSA) is 37.3 Å². The second-order valence-corrected chi connectivity index (χ2v) is 0.542. The molecule has 7 heavy (non-hydrogen) atoms. The number of rotatable bonds is 1. The molecule has 1 N–H and O–H groups in total. The predicted octanol–water partition coefficient (Wildman–Crippen LogP) is 0.483. The van der Waals surface area contributed by atoms with Gasteiger partial charge in [0.2, 0.25) is 0 Å². The molecule has 4 heteroatoms. The van der Waals surface area contributed by atoms with Crippen molar-refractivity contribution in [3.05, 3.63) is 12.7 Å². The first kappa shape index (κ1) is 15.8. The molecule has 0 aliphatic rings. The highest BCUT2D eigenvalue weighted by atomic mass is 32.1. The van der Waals surface area contributed by atoms with Crippen LogP contribution in [0, 0.1) is 0 Å². The molecule has 0 fully saturated rings. The van der Waals surface area contributed by atoms with E-state index in [4.69, 9.17) is 5.11 Å². The molecule has 0 aliphatic carbocycles.